The van der Waals surface area contributed by atoms with Gasteiger partial charge in [0.15, 0.2) is 0 Å². The van der Waals surface area contributed by atoms with Gasteiger partial charge in [0, 0.05) is 30.8 Å². The number of aromatic hydroxyl groups is 1. The highest BCUT2D eigenvalue weighted by Crippen LogP contribution is 2.41. The lowest BCUT2D eigenvalue weighted by Gasteiger charge is -2.38. The number of rotatable bonds is 5. The van der Waals surface area contributed by atoms with Gasteiger partial charge in [-0.05, 0) is 50.3 Å². The lowest BCUT2D eigenvalue weighted by Crippen LogP contribution is -2.41. The quantitative estimate of drug-likeness (QED) is 0.615. The van der Waals surface area contributed by atoms with Crippen LogP contribution >= 0.6 is 0 Å². The number of fused-ring (bicyclic) bond motifs is 1. The van der Waals surface area contributed by atoms with E-state index in [9.17, 15) is 14.7 Å². The standard InChI is InChI=1S/C23H29N5O4/c1-4-19(30)27-9-6-14(7-10-27)16-5-8-25-23-20(22(24)31)21(26-28(16)23)15-11-17(29)13(2)18(12-15)32-3/h4,11-12,14,16,25,29H,1,5-10H2,2-3H3,(H2,24,31). The van der Waals surface area contributed by atoms with Gasteiger partial charge in [0.1, 0.15) is 28.6 Å². The van der Waals surface area contributed by atoms with E-state index in [0.717, 1.165) is 19.3 Å². The Balaban J connectivity index is 1.72. The molecule has 0 spiro atoms. The number of nitrogens with two attached hydrogens (primary N) is 1. The van der Waals surface area contributed by atoms with Gasteiger partial charge < -0.3 is 25.8 Å². The van der Waals surface area contributed by atoms with Gasteiger partial charge in [0.25, 0.3) is 5.91 Å². The third-order valence-electron chi connectivity index (χ3n) is 6.60. The number of nitrogens with zero attached hydrogens (tertiary/aromatic N) is 3. The van der Waals surface area contributed by atoms with E-state index in [0.29, 0.717) is 59.5 Å². The number of benzene rings is 1. The number of nitrogens with one attached hydrogen (secondary N) is 1. The van der Waals surface area contributed by atoms with Crippen LogP contribution < -0.4 is 15.8 Å². The molecule has 2 aliphatic rings. The zero-order valence-electron chi connectivity index (χ0n) is 18.4. The van der Waals surface area contributed by atoms with Crippen LogP contribution in [-0.4, -0.2) is 58.3 Å². The number of carbonyl (C=O) groups excluding carboxylic acids is 2. The van der Waals surface area contributed by atoms with Gasteiger partial charge in [0.05, 0.1) is 13.2 Å². The van der Waals surface area contributed by atoms with E-state index in [-0.39, 0.29) is 17.7 Å². The number of likely N-dealkylation sites (tertiary alicyclic amines) is 1. The first-order valence-corrected chi connectivity index (χ1v) is 10.8. The molecule has 1 fully saturated rings. The molecule has 0 saturated carbocycles. The largest absolute Gasteiger partial charge is 0.508 e. The van der Waals surface area contributed by atoms with E-state index in [1.807, 2.05) is 9.58 Å². The molecule has 1 saturated heterocycles. The first kappa shape index (κ1) is 21.7. The molecular formula is C23H29N5O4. The second-order valence-corrected chi connectivity index (χ2v) is 8.35. The molecular weight excluding hydrogens is 410 g/mol. The van der Waals surface area contributed by atoms with E-state index in [2.05, 4.69) is 11.9 Å². The SMILES string of the molecule is C=CC(=O)N1CCC(C2CCNc3c(C(N)=O)c(-c4cc(O)c(C)c(OC)c4)nn32)CC1. The van der Waals surface area contributed by atoms with Crippen molar-refractivity contribution >= 4 is 17.6 Å². The third kappa shape index (κ3) is 3.68. The predicted octanol–water partition coefficient (Wildman–Crippen LogP) is 2.45. The molecule has 1 aromatic carbocycles. The number of anilines is 1. The van der Waals surface area contributed by atoms with Crippen LogP contribution in [0.4, 0.5) is 5.82 Å². The molecule has 0 radical (unpaired) electrons. The molecule has 1 atom stereocenters. The maximum Gasteiger partial charge on any atom is 0.254 e. The van der Waals surface area contributed by atoms with Gasteiger partial charge in [-0.1, -0.05) is 6.58 Å². The van der Waals surface area contributed by atoms with E-state index in [1.165, 1.54) is 13.2 Å². The van der Waals surface area contributed by atoms with Crippen molar-refractivity contribution in [3.8, 4) is 22.8 Å². The van der Waals surface area contributed by atoms with Crippen LogP contribution in [0, 0.1) is 12.8 Å². The van der Waals surface area contributed by atoms with Gasteiger partial charge in [-0.3, -0.25) is 9.59 Å². The first-order valence-electron chi connectivity index (χ1n) is 10.8. The minimum atomic E-state index is -0.583. The fraction of sp³-hybridized carbons (Fsp3) is 0.435. The van der Waals surface area contributed by atoms with Crippen LogP contribution in [0.15, 0.2) is 24.8 Å². The normalized spacial score (nSPS) is 18.6. The molecule has 0 bridgehead atoms. The number of carbonyl (C=O) groups is 2. The molecule has 2 amide bonds. The van der Waals surface area contributed by atoms with E-state index < -0.39 is 5.91 Å². The lowest BCUT2D eigenvalue weighted by atomic mass is 9.87. The highest BCUT2D eigenvalue weighted by Gasteiger charge is 2.35. The van der Waals surface area contributed by atoms with E-state index in [4.69, 9.17) is 15.6 Å². The number of amides is 2. The van der Waals surface area contributed by atoms with Gasteiger partial charge in [-0.25, -0.2) is 4.68 Å². The maximum atomic E-state index is 12.5. The van der Waals surface area contributed by atoms with Crippen LogP contribution in [0.2, 0.25) is 0 Å². The first-order chi connectivity index (χ1) is 15.3. The number of phenolic OH excluding ortho intramolecular Hbond substituents is 1. The molecule has 9 heteroatoms. The van der Waals surface area contributed by atoms with Crippen molar-refractivity contribution in [3.63, 3.8) is 0 Å². The molecule has 1 unspecified atom stereocenters. The van der Waals surface area contributed by atoms with Crippen molar-refractivity contribution in [1.82, 2.24) is 14.7 Å². The van der Waals surface area contributed by atoms with Crippen LogP contribution in [0.5, 0.6) is 11.5 Å². The van der Waals surface area contributed by atoms with Crippen LogP contribution in [0.1, 0.15) is 41.2 Å². The van der Waals surface area contributed by atoms with Gasteiger partial charge in [-0.15, -0.1) is 0 Å². The van der Waals surface area contributed by atoms with Crippen molar-refractivity contribution in [2.24, 2.45) is 11.7 Å². The highest BCUT2D eigenvalue weighted by molar-refractivity contribution is 6.04. The van der Waals surface area contributed by atoms with E-state index >= 15 is 0 Å². The molecule has 4 N–H and O–H groups in total. The molecule has 170 valence electrons. The van der Waals surface area contributed by atoms with Gasteiger partial charge in [0.2, 0.25) is 5.91 Å². The van der Waals surface area contributed by atoms with Crippen molar-refractivity contribution in [2.75, 3.05) is 32.1 Å². The Labute approximate surface area is 186 Å². The summed E-state index contributed by atoms with van der Waals surface area (Å²) in [6.45, 7) is 7.38. The molecule has 2 aromatic rings. The number of ether oxygens (including phenoxy) is 1. The summed E-state index contributed by atoms with van der Waals surface area (Å²) in [6.07, 6.45) is 3.91. The Bertz CT molecular complexity index is 1070. The number of hydrogen-bond acceptors (Lipinski definition) is 6. The zero-order valence-corrected chi connectivity index (χ0v) is 18.4. The molecule has 1 aromatic heterocycles. The van der Waals surface area contributed by atoms with Crippen LogP contribution in [0.25, 0.3) is 11.3 Å². The van der Waals surface area contributed by atoms with Crippen molar-refractivity contribution in [1.29, 1.82) is 0 Å². The van der Waals surface area contributed by atoms with Crippen molar-refractivity contribution < 1.29 is 19.4 Å². The lowest BCUT2D eigenvalue weighted by molar-refractivity contribution is -0.127. The summed E-state index contributed by atoms with van der Waals surface area (Å²) in [5.41, 5.74) is 7.66. The predicted molar refractivity (Wildman–Crippen MR) is 121 cm³/mol. The summed E-state index contributed by atoms with van der Waals surface area (Å²) in [4.78, 5) is 26.2. The Hall–Kier alpha value is -3.49. The molecule has 4 rings (SSSR count). The monoisotopic (exact) mass is 439 g/mol. The Kier molecular flexibility index (Phi) is 5.82. The average Bonchev–Trinajstić information content (AvgIpc) is 3.20. The maximum absolute atomic E-state index is 12.5. The zero-order chi connectivity index (χ0) is 23.0. The average molecular weight is 440 g/mol. The fourth-order valence-corrected chi connectivity index (χ4v) is 4.83. The molecule has 9 nitrogen and oxygen atoms in total. The number of piperidine rings is 1. The van der Waals surface area contributed by atoms with Crippen molar-refractivity contribution in [3.05, 3.63) is 35.9 Å². The molecule has 0 aliphatic carbocycles. The van der Waals surface area contributed by atoms with Crippen LogP contribution in [-0.2, 0) is 4.79 Å². The molecule has 32 heavy (non-hydrogen) atoms. The topological polar surface area (TPSA) is 123 Å². The van der Waals surface area contributed by atoms with E-state index in [1.54, 1.807) is 19.1 Å². The second-order valence-electron chi connectivity index (χ2n) is 8.35. The smallest absolute Gasteiger partial charge is 0.254 e. The Morgan fingerprint density at radius 3 is 2.66 bits per heavy atom. The summed E-state index contributed by atoms with van der Waals surface area (Å²) in [7, 11) is 1.53. The van der Waals surface area contributed by atoms with Gasteiger partial charge in [-0.2, -0.15) is 5.10 Å². The second kappa shape index (κ2) is 8.57. The summed E-state index contributed by atoms with van der Waals surface area (Å²) < 4.78 is 7.25. The molecule has 2 aliphatic heterocycles. The number of aromatic nitrogens is 2. The Morgan fingerprint density at radius 2 is 2.03 bits per heavy atom. The summed E-state index contributed by atoms with van der Waals surface area (Å²) >= 11 is 0. The summed E-state index contributed by atoms with van der Waals surface area (Å²) in [5.74, 6) is 0.862. The fourth-order valence-electron chi connectivity index (χ4n) is 4.83. The van der Waals surface area contributed by atoms with Crippen LogP contribution in [0.3, 0.4) is 0 Å². The van der Waals surface area contributed by atoms with Crippen molar-refractivity contribution in [2.45, 2.75) is 32.2 Å². The number of phenols is 1. The number of hydrogen-bond donors (Lipinski definition) is 3. The summed E-state index contributed by atoms with van der Waals surface area (Å²) in [5, 5.41) is 18.5. The minimum Gasteiger partial charge on any atom is -0.508 e. The highest BCUT2D eigenvalue weighted by atomic mass is 16.5. The molecule has 3 heterocycles. The summed E-state index contributed by atoms with van der Waals surface area (Å²) in [6, 6.07) is 3.41. The number of methoxy groups -OCH3 is 1. The minimum absolute atomic E-state index is 0.0417. The number of primary amides is 1. The Morgan fingerprint density at radius 1 is 1.31 bits per heavy atom. The third-order valence-corrected chi connectivity index (χ3v) is 6.60. The van der Waals surface area contributed by atoms with Gasteiger partial charge >= 0.3 is 0 Å².